The summed E-state index contributed by atoms with van der Waals surface area (Å²) in [5.74, 6) is 0.932. The van der Waals surface area contributed by atoms with Crippen molar-refractivity contribution >= 4 is 17.5 Å². The molecule has 0 atom stereocenters. The minimum Gasteiger partial charge on any atom is -0.455 e. The van der Waals surface area contributed by atoms with Crippen molar-refractivity contribution in [3.05, 3.63) is 58.5 Å². The van der Waals surface area contributed by atoms with E-state index in [0.29, 0.717) is 18.1 Å². The van der Waals surface area contributed by atoms with E-state index in [0.717, 1.165) is 11.1 Å². The predicted octanol–water partition coefficient (Wildman–Crippen LogP) is 3.57. The van der Waals surface area contributed by atoms with Crippen molar-refractivity contribution in [1.82, 2.24) is 5.32 Å². The Morgan fingerprint density at radius 2 is 2.05 bits per heavy atom. The van der Waals surface area contributed by atoms with Crippen molar-refractivity contribution in [2.75, 3.05) is 0 Å². The Kier molecular flexibility index (Phi) is 4.27. The third-order valence-corrected chi connectivity index (χ3v) is 3.22. The lowest BCUT2D eigenvalue weighted by molar-refractivity contribution is 0.0921. The highest BCUT2D eigenvalue weighted by Gasteiger charge is 2.10. The second-order valence-corrected chi connectivity index (χ2v) is 4.78. The number of nitrogens with one attached hydrogen (secondary N) is 1. The molecular weight excluding hydrogens is 262 g/mol. The number of hydrogen-bond donors (Lipinski definition) is 1. The van der Waals surface area contributed by atoms with Crippen LogP contribution in [0.5, 0.6) is 0 Å². The summed E-state index contributed by atoms with van der Waals surface area (Å²) in [6.07, 6.45) is 0. The summed E-state index contributed by atoms with van der Waals surface area (Å²) >= 11 is 5.63. The van der Waals surface area contributed by atoms with Gasteiger partial charge >= 0.3 is 0 Å². The van der Waals surface area contributed by atoms with Gasteiger partial charge in [0.25, 0.3) is 5.91 Å². The monoisotopic (exact) mass is 277 g/mol. The molecule has 100 valence electrons. The Bertz CT molecular complexity index is 590. The number of alkyl halides is 1. The number of carbonyl (C=O) groups is 1. The van der Waals surface area contributed by atoms with Crippen molar-refractivity contribution in [3.8, 4) is 0 Å². The molecule has 19 heavy (non-hydrogen) atoms. The lowest BCUT2D eigenvalue weighted by Crippen LogP contribution is -2.22. The van der Waals surface area contributed by atoms with Crippen LogP contribution in [0.3, 0.4) is 0 Å². The van der Waals surface area contributed by atoms with E-state index in [1.807, 2.05) is 13.8 Å². The summed E-state index contributed by atoms with van der Waals surface area (Å²) in [6.45, 7) is 4.55. The van der Waals surface area contributed by atoms with Gasteiger partial charge in [0.1, 0.15) is 5.76 Å². The van der Waals surface area contributed by atoms with E-state index in [1.54, 1.807) is 12.1 Å². The summed E-state index contributed by atoms with van der Waals surface area (Å²) in [6, 6.07) is 9.52. The van der Waals surface area contributed by atoms with Gasteiger partial charge in [0.05, 0.1) is 5.88 Å². The highest BCUT2D eigenvalue weighted by atomic mass is 35.5. The van der Waals surface area contributed by atoms with Crippen molar-refractivity contribution in [1.29, 1.82) is 0 Å². The van der Waals surface area contributed by atoms with Crippen molar-refractivity contribution in [3.63, 3.8) is 0 Å². The Balaban J connectivity index is 2.02. The van der Waals surface area contributed by atoms with Gasteiger partial charge in [0.15, 0.2) is 5.76 Å². The number of carbonyl (C=O) groups excluding carboxylic acids is 1. The minimum atomic E-state index is -0.225. The molecule has 0 radical (unpaired) electrons. The van der Waals surface area contributed by atoms with E-state index in [9.17, 15) is 4.79 Å². The molecule has 1 aromatic carbocycles. The zero-order valence-corrected chi connectivity index (χ0v) is 11.8. The van der Waals surface area contributed by atoms with Gasteiger partial charge in [0, 0.05) is 6.54 Å². The summed E-state index contributed by atoms with van der Waals surface area (Å²) in [5.41, 5.74) is 3.45. The molecular formula is C15H16ClNO2. The smallest absolute Gasteiger partial charge is 0.287 e. The fourth-order valence-corrected chi connectivity index (χ4v) is 1.97. The molecule has 0 fully saturated rings. The Labute approximate surface area is 117 Å². The molecule has 0 saturated carbocycles. The largest absolute Gasteiger partial charge is 0.455 e. The molecule has 1 aromatic heterocycles. The minimum absolute atomic E-state index is 0.225. The van der Waals surface area contributed by atoms with Gasteiger partial charge < -0.3 is 9.73 Å². The first kappa shape index (κ1) is 13.7. The van der Waals surface area contributed by atoms with E-state index in [1.165, 1.54) is 5.56 Å². The third kappa shape index (κ3) is 3.38. The molecule has 0 saturated heterocycles. The van der Waals surface area contributed by atoms with Crippen molar-refractivity contribution in [2.24, 2.45) is 0 Å². The first-order valence-electron chi connectivity index (χ1n) is 6.09. The van der Waals surface area contributed by atoms with Crippen LogP contribution < -0.4 is 5.32 Å². The normalized spacial score (nSPS) is 10.5. The average molecular weight is 278 g/mol. The number of benzene rings is 1. The molecule has 0 aliphatic rings. The maximum absolute atomic E-state index is 11.9. The summed E-state index contributed by atoms with van der Waals surface area (Å²) < 4.78 is 5.29. The zero-order valence-electron chi connectivity index (χ0n) is 11.0. The van der Waals surface area contributed by atoms with E-state index < -0.39 is 0 Å². The fraction of sp³-hybridized carbons (Fsp3) is 0.267. The number of aryl methyl sites for hydroxylation is 2. The van der Waals surface area contributed by atoms with E-state index >= 15 is 0 Å². The van der Waals surface area contributed by atoms with Crippen LogP contribution in [-0.2, 0) is 12.4 Å². The van der Waals surface area contributed by atoms with Crippen LogP contribution in [0.2, 0.25) is 0 Å². The molecule has 2 rings (SSSR count). The van der Waals surface area contributed by atoms with Crippen LogP contribution >= 0.6 is 11.6 Å². The molecule has 4 heteroatoms. The lowest BCUT2D eigenvalue weighted by atomic mass is 10.1. The maximum Gasteiger partial charge on any atom is 0.287 e. The number of furan rings is 1. The van der Waals surface area contributed by atoms with Crippen molar-refractivity contribution in [2.45, 2.75) is 26.3 Å². The standard InChI is InChI=1S/C15H16ClNO2/c1-10-3-4-11(2)12(7-10)9-17-15(18)14-6-5-13(8-16)19-14/h3-7H,8-9H2,1-2H3,(H,17,18). The zero-order chi connectivity index (χ0) is 13.8. The molecule has 0 spiro atoms. The maximum atomic E-state index is 11.9. The van der Waals surface area contributed by atoms with E-state index in [4.69, 9.17) is 16.0 Å². The molecule has 1 N–H and O–H groups in total. The van der Waals surface area contributed by atoms with Gasteiger partial charge in [0.2, 0.25) is 0 Å². The second kappa shape index (κ2) is 5.93. The van der Waals surface area contributed by atoms with Gasteiger partial charge in [-0.2, -0.15) is 0 Å². The van der Waals surface area contributed by atoms with Gasteiger partial charge in [-0.05, 0) is 37.1 Å². The van der Waals surface area contributed by atoms with Gasteiger partial charge in [-0.15, -0.1) is 11.6 Å². The molecule has 2 aromatic rings. The molecule has 3 nitrogen and oxygen atoms in total. The lowest BCUT2D eigenvalue weighted by Gasteiger charge is -2.08. The molecule has 1 amide bonds. The number of amides is 1. The topological polar surface area (TPSA) is 42.2 Å². The van der Waals surface area contributed by atoms with Crippen LogP contribution in [0.1, 0.15) is 33.0 Å². The summed E-state index contributed by atoms with van der Waals surface area (Å²) in [4.78, 5) is 11.9. The molecule has 0 aliphatic heterocycles. The first-order chi connectivity index (χ1) is 9.10. The predicted molar refractivity (Wildman–Crippen MR) is 75.4 cm³/mol. The van der Waals surface area contributed by atoms with Crippen LogP contribution in [-0.4, -0.2) is 5.91 Å². The van der Waals surface area contributed by atoms with Crippen LogP contribution in [0.15, 0.2) is 34.7 Å². The molecule has 1 heterocycles. The quantitative estimate of drug-likeness (QED) is 0.868. The van der Waals surface area contributed by atoms with E-state index in [2.05, 4.69) is 23.5 Å². The van der Waals surface area contributed by atoms with Crippen LogP contribution in [0.4, 0.5) is 0 Å². The average Bonchev–Trinajstić information content (AvgIpc) is 2.88. The van der Waals surface area contributed by atoms with Gasteiger partial charge in [-0.3, -0.25) is 4.79 Å². The second-order valence-electron chi connectivity index (χ2n) is 4.51. The Morgan fingerprint density at radius 1 is 1.26 bits per heavy atom. The SMILES string of the molecule is Cc1ccc(C)c(CNC(=O)c2ccc(CCl)o2)c1. The van der Waals surface area contributed by atoms with E-state index in [-0.39, 0.29) is 11.8 Å². The molecule has 0 bridgehead atoms. The van der Waals surface area contributed by atoms with Gasteiger partial charge in [-0.1, -0.05) is 23.8 Å². The molecule has 0 unspecified atom stereocenters. The summed E-state index contributed by atoms with van der Waals surface area (Å²) in [5, 5.41) is 2.84. The fourth-order valence-electron chi connectivity index (χ4n) is 1.83. The molecule has 0 aliphatic carbocycles. The highest BCUT2D eigenvalue weighted by Crippen LogP contribution is 2.12. The Morgan fingerprint density at radius 3 is 2.74 bits per heavy atom. The van der Waals surface area contributed by atoms with Crippen molar-refractivity contribution < 1.29 is 9.21 Å². The summed E-state index contributed by atoms with van der Waals surface area (Å²) in [7, 11) is 0. The van der Waals surface area contributed by atoms with Crippen LogP contribution in [0, 0.1) is 13.8 Å². The first-order valence-corrected chi connectivity index (χ1v) is 6.62. The highest BCUT2D eigenvalue weighted by molar-refractivity contribution is 6.16. The third-order valence-electron chi connectivity index (χ3n) is 2.96. The van der Waals surface area contributed by atoms with Crippen LogP contribution in [0.25, 0.3) is 0 Å². The Hall–Kier alpha value is -1.74. The number of halogens is 1. The number of hydrogen-bond acceptors (Lipinski definition) is 2. The number of rotatable bonds is 4. The van der Waals surface area contributed by atoms with Gasteiger partial charge in [-0.25, -0.2) is 0 Å².